The van der Waals surface area contributed by atoms with Gasteiger partial charge in [0.2, 0.25) is 15.9 Å². The molecule has 0 aliphatic rings. The molecule has 0 aliphatic carbocycles. The zero-order valence-electron chi connectivity index (χ0n) is 18.5. The number of benzene rings is 3. The van der Waals surface area contributed by atoms with Crippen molar-refractivity contribution in [2.75, 3.05) is 13.1 Å². The lowest BCUT2D eigenvalue weighted by Crippen LogP contribution is -2.48. The third kappa shape index (κ3) is 7.01. The molecule has 0 spiro atoms. The highest BCUT2D eigenvalue weighted by molar-refractivity contribution is 7.89. The molecule has 0 saturated heterocycles. The second kappa shape index (κ2) is 12.1. The highest BCUT2D eigenvalue weighted by atomic mass is 35.5. The number of nitrogens with two attached hydrogens (primary N) is 1. The van der Waals surface area contributed by atoms with Crippen LogP contribution in [0, 0.1) is 0 Å². The number of hydrogen-bond acceptors (Lipinski definition) is 4. The van der Waals surface area contributed by atoms with Crippen molar-refractivity contribution in [1.29, 1.82) is 0 Å². The fourth-order valence-electron chi connectivity index (χ4n) is 3.72. The number of sulfonamides is 1. The number of halogens is 1. The van der Waals surface area contributed by atoms with Gasteiger partial charge in [0.25, 0.3) is 0 Å². The maximum atomic E-state index is 13.4. The van der Waals surface area contributed by atoms with Gasteiger partial charge in [-0.25, -0.2) is 8.42 Å². The van der Waals surface area contributed by atoms with Crippen LogP contribution in [0.4, 0.5) is 0 Å². The fraction of sp³-hybridized carbons (Fsp3) is 0.320. The zero-order chi connectivity index (χ0) is 23.7. The number of hydrogen-bond donors (Lipinski definition) is 3. The fourth-order valence-corrected chi connectivity index (χ4v) is 5.38. The van der Waals surface area contributed by atoms with E-state index in [0.717, 1.165) is 31.2 Å². The van der Waals surface area contributed by atoms with Gasteiger partial charge in [-0.05, 0) is 43.5 Å². The standard InChI is InChI=1S/C25H30ClN3O3S/c26-22-14-8-13-21-20(22)12-9-15-24(21)33(31,32)29-23(18-19-10-4-3-5-11-19)25(30)28-17-7-2-1-6-16-27/h3-5,8-15,23,29H,1-2,6-7,16-18,27H2,(H,28,30)/t23-/m0/s1. The minimum atomic E-state index is -3.99. The molecular weight excluding hydrogens is 458 g/mol. The summed E-state index contributed by atoms with van der Waals surface area (Å²) in [5, 5.41) is 4.50. The molecule has 0 unspecified atom stereocenters. The largest absolute Gasteiger partial charge is 0.355 e. The molecule has 0 radical (unpaired) electrons. The predicted molar refractivity (Wildman–Crippen MR) is 134 cm³/mol. The van der Waals surface area contributed by atoms with Crippen LogP contribution in [0.25, 0.3) is 10.8 Å². The number of amides is 1. The molecule has 1 atom stereocenters. The normalized spacial score (nSPS) is 12.5. The molecule has 0 bridgehead atoms. The molecule has 0 fully saturated rings. The molecule has 3 aromatic rings. The lowest BCUT2D eigenvalue weighted by atomic mass is 10.1. The smallest absolute Gasteiger partial charge is 0.241 e. The molecule has 8 heteroatoms. The van der Waals surface area contributed by atoms with E-state index in [1.54, 1.807) is 30.3 Å². The molecule has 3 rings (SSSR count). The Morgan fingerprint density at radius 3 is 2.33 bits per heavy atom. The van der Waals surface area contributed by atoms with E-state index >= 15 is 0 Å². The van der Waals surface area contributed by atoms with E-state index in [1.807, 2.05) is 30.3 Å². The maximum Gasteiger partial charge on any atom is 0.241 e. The molecule has 0 saturated carbocycles. The van der Waals surface area contributed by atoms with Gasteiger partial charge in [0.05, 0.1) is 4.90 Å². The van der Waals surface area contributed by atoms with Crippen LogP contribution in [0.3, 0.4) is 0 Å². The first-order valence-corrected chi connectivity index (χ1v) is 13.0. The first-order chi connectivity index (χ1) is 15.9. The number of carbonyl (C=O) groups is 1. The number of unbranched alkanes of at least 4 members (excludes halogenated alkanes) is 3. The lowest BCUT2D eigenvalue weighted by molar-refractivity contribution is -0.122. The maximum absolute atomic E-state index is 13.4. The van der Waals surface area contributed by atoms with Crippen molar-refractivity contribution in [2.24, 2.45) is 5.73 Å². The van der Waals surface area contributed by atoms with Crippen LogP contribution in [0.5, 0.6) is 0 Å². The summed E-state index contributed by atoms with van der Waals surface area (Å²) in [6.45, 7) is 1.15. The number of carbonyl (C=O) groups excluding carboxylic acids is 1. The molecule has 0 aromatic heterocycles. The van der Waals surface area contributed by atoms with Crippen LogP contribution in [-0.4, -0.2) is 33.5 Å². The number of fused-ring (bicyclic) bond motifs is 1. The van der Waals surface area contributed by atoms with E-state index in [0.29, 0.717) is 28.9 Å². The molecule has 6 nitrogen and oxygen atoms in total. The van der Waals surface area contributed by atoms with Crippen molar-refractivity contribution in [3.63, 3.8) is 0 Å². The van der Waals surface area contributed by atoms with Crippen LogP contribution in [0.2, 0.25) is 5.02 Å². The Bertz CT molecular complexity index is 1170. The zero-order valence-corrected chi connectivity index (χ0v) is 20.0. The predicted octanol–water partition coefficient (Wildman–Crippen LogP) is 4.02. The summed E-state index contributed by atoms with van der Waals surface area (Å²) in [5.74, 6) is -0.348. The summed E-state index contributed by atoms with van der Waals surface area (Å²) in [6, 6.07) is 18.5. The van der Waals surface area contributed by atoms with Gasteiger partial charge in [-0.1, -0.05) is 79.0 Å². The molecule has 4 N–H and O–H groups in total. The Morgan fingerprint density at radius 2 is 1.58 bits per heavy atom. The van der Waals surface area contributed by atoms with Crippen molar-refractivity contribution in [1.82, 2.24) is 10.0 Å². The summed E-state index contributed by atoms with van der Waals surface area (Å²) >= 11 is 6.26. The first kappa shape index (κ1) is 25.2. The molecule has 176 valence electrons. The molecular formula is C25H30ClN3O3S. The lowest BCUT2D eigenvalue weighted by Gasteiger charge is -2.19. The van der Waals surface area contributed by atoms with Crippen LogP contribution in [-0.2, 0) is 21.2 Å². The molecule has 0 heterocycles. The van der Waals surface area contributed by atoms with Gasteiger partial charge >= 0.3 is 0 Å². The van der Waals surface area contributed by atoms with Crippen molar-refractivity contribution < 1.29 is 13.2 Å². The Balaban J connectivity index is 1.80. The van der Waals surface area contributed by atoms with Crippen LogP contribution < -0.4 is 15.8 Å². The highest BCUT2D eigenvalue weighted by Crippen LogP contribution is 2.28. The minimum absolute atomic E-state index is 0.0927. The van der Waals surface area contributed by atoms with Gasteiger partial charge in [0, 0.05) is 22.3 Å². The van der Waals surface area contributed by atoms with Gasteiger partial charge in [0.1, 0.15) is 6.04 Å². The summed E-state index contributed by atoms with van der Waals surface area (Å²) in [5.41, 5.74) is 6.38. The highest BCUT2D eigenvalue weighted by Gasteiger charge is 2.27. The molecule has 33 heavy (non-hydrogen) atoms. The SMILES string of the molecule is NCCCCCCNC(=O)[C@H](Cc1ccccc1)NS(=O)(=O)c1cccc2c(Cl)cccc12. The van der Waals surface area contributed by atoms with Crippen molar-refractivity contribution in [2.45, 2.75) is 43.0 Å². The van der Waals surface area contributed by atoms with Gasteiger partial charge in [-0.15, -0.1) is 0 Å². The number of nitrogens with one attached hydrogen (secondary N) is 2. The quantitative estimate of drug-likeness (QED) is 0.336. The van der Waals surface area contributed by atoms with Crippen molar-refractivity contribution in [3.05, 3.63) is 77.3 Å². The average Bonchev–Trinajstić information content (AvgIpc) is 2.81. The Hall–Kier alpha value is -2.45. The second-order valence-corrected chi connectivity index (χ2v) is 10.0. The van der Waals surface area contributed by atoms with E-state index < -0.39 is 16.1 Å². The average molecular weight is 488 g/mol. The van der Waals surface area contributed by atoms with E-state index in [4.69, 9.17) is 17.3 Å². The third-order valence-corrected chi connectivity index (χ3v) is 7.30. The monoisotopic (exact) mass is 487 g/mol. The van der Waals surface area contributed by atoms with Crippen LogP contribution >= 0.6 is 11.6 Å². The van der Waals surface area contributed by atoms with Gasteiger partial charge in [0.15, 0.2) is 0 Å². The Labute approximate surface area is 200 Å². The van der Waals surface area contributed by atoms with Crippen LogP contribution in [0.1, 0.15) is 31.2 Å². The molecule has 1 amide bonds. The van der Waals surface area contributed by atoms with Gasteiger partial charge < -0.3 is 11.1 Å². The van der Waals surface area contributed by atoms with Crippen molar-refractivity contribution in [3.8, 4) is 0 Å². The first-order valence-electron chi connectivity index (χ1n) is 11.1. The third-order valence-electron chi connectivity index (χ3n) is 5.45. The van der Waals surface area contributed by atoms with Crippen molar-refractivity contribution >= 4 is 38.3 Å². The van der Waals surface area contributed by atoms with E-state index in [-0.39, 0.29) is 17.2 Å². The van der Waals surface area contributed by atoms with E-state index in [2.05, 4.69) is 10.0 Å². The van der Waals surface area contributed by atoms with Crippen LogP contribution in [0.15, 0.2) is 71.6 Å². The summed E-state index contributed by atoms with van der Waals surface area (Å²) in [7, 11) is -3.99. The Kier molecular flexibility index (Phi) is 9.26. The summed E-state index contributed by atoms with van der Waals surface area (Å²) in [4.78, 5) is 13.1. The molecule has 3 aromatic carbocycles. The summed E-state index contributed by atoms with van der Waals surface area (Å²) in [6.07, 6.45) is 3.99. The Morgan fingerprint density at radius 1 is 0.879 bits per heavy atom. The second-order valence-electron chi connectivity index (χ2n) is 7.95. The summed E-state index contributed by atoms with van der Waals surface area (Å²) < 4.78 is 29.4. The van der Waals surface area contributed by atoms with Gasteiger partial charge in [-0.3, -0.25) is 4.79 Å². The van der Waals surface area contributed by atoms with Gasteiger partial charge in [-0.2, -0.15) is 4.72 Å². The molecule has 0 aliphatic heterocycles. The number of rotatable bonds is 12. The topological polar surface area (TPSA) is 101 Å². The van der Waals surface area contributed by atoms with E-state index in [9.17, 15) is 13.2 Å². The minimum Gasteiger partial charge on any atom is -0.355 e. The van der Waals surface area contributed by atoms with E-state index in [1.165, 1.54) is 6.07 Å².